The maximum atomic E-state index is 10.3. The zero-order chi connectivity index (χ0) is 10.7. The van der Waals surface area contributed by atoms with Crippen molar-refractivity contribution in [3.8, 4) is 12.3 Å². The zero-order valence-corrected chi connectivity index (χ0v) is 9.47. The van der Waals surface area contributed by atoms with Gasteiger partial charge < -0.3 is 5.11 Å². The fraction of sp³-hybridized carbons (Fsp3) is 0.846. The summed E-state index contributed by atoms with van der Waals surface area (Å²) >= 11 is 0. The van der Waals surface area contributed by atoms with Crippen molar-refractivity contribution in [1.29, 1.82) is 0 Å². The van der Waals surface area contributed by atoms with Crippen LogP contribution in [0.4, 0.5) is 0 Å². The Kier molecular flexibility index (Phi) is 3.61. The van der Waals surface area contributed by atoms with E-state index < -0.39 is 5.60 Å². The van der Waals surface area contributed by atoms with Crippen molar-refractivity contribution in [1.82, 2.24) is 0 Å². The average Bonchev–Trinajstić information content (AvgIpc) is 2.24. The molecule has 0 aromatic carbocycles. The molecule has 1 N–H and O–H groups in total. The van der Waals surface area contributed by atoms with Gasteiger partial charge in [-0.1, -0.05) is 20.3 Å². The molecule has 1 heteroatoms. The fourth-order valence-electron chi connectivity index (χ4n) is 2.27. The molecule has 0 amide bonds. The smallest absolute Gasteiger partial charge is 0.0657 e. The number of rotatable bonds is 2. The van der Waals surface area contributed by atoms with Gasteiger partial charge in [-0.05, 0) is 37.5 Å². The van der Waals surface area contributed by atoms with Crippen molar-refractivity contribution < 1.29 is 5.11 Å². The lowest BCUT2D eigenvalue weighted by atomic mass is 9.83. The summed E-state index contributed by atoms with van der Waals surface area (Å²) in [5.41, 5.74) is -0.0687. The molecule has 1 fully saturated rings. The summed E-state index contributed by atoms with van der Waals surface area (Å²) in [6.07, 6.45) is 12.0. The van der Waals surface area contributed by atoms with Crippen LogP contribution in [0.15, 0.2) is 0 Å². The molecule has 1 nitrogen and oxygen atoms in total. The van der Waals surface area contributed by atoms with E-state index in [0.29, 0.717) is 11.8 Å². The lowest BCUT2D eigenvalue weighted by molar-refractivity contribution is 0.0153. The summed E-state index contributed by atoms with van der Waals surface area (Å²) in [6.45, 7) is 4.58. The minimum atomic E-state index is -0.472. The summed E-state index contributed by atoms with van der Waals surface area (Å²) in [5, 5.41) is 10.3. The molecule has 0 spiro atoms. The highest BCUT2D eigenvalue weighted by atomic mass is 16.3. The molecule has 0 aromatic rings. The lowest BCUT2D eigenvalue weighted by Crippen LogP contribution is -2.27. The van der Waals surface area contributed by atoms with E-state index in [4.69, 9.17) is 6.42 Å². The van der Waals surface area contributed by atoms with E-state index in [-0.39, 0.29) is 0 Å². The van der Waals surface area contributed by atoms with Crippen LogP contribution in [-0.4, -0.2) is 10.7 Å². The minimum absolute atomic E-state index is 0.403. The van der Waals surface area contributed by atoms with Crippen molar-refractivity contribution in [2.75, 3.05) is 0 Å². The van der Waals surface area contributed by atoms with Crippen LogP contribution in [0, 0.1) is 17.8 Å². The van der Waals surface area contributed by atoms with E-state index in [1.807, 2.05) is 0 Å². The van der Waals surface area contributed by atoms with Gasteiger partial charge in [0, 0.05) is 6.42 Å². The third kappa shape index (κ3) is 3.35. The minimum Gasteiger partial charge on any atom is -0.390 e. The van der Waals surface area contributed by atoms with Crippen molar-refractivity contribution in [3.05, 3.63) is 0 Å². The van der Waals surface area contributed by atoms with Gasteiger partial charge in [0.15, 0.2) is 0 Å². The van der Waals surface area contributed by atoms with Crippen LogP contribution < -0.4 is 0 Å². The van der Waals surface area contributed by atoms with Gasteiger partial charge in [0.1, 0.15) is 0 Å². The molecule has 14 heavy (non-hydrogen) atoms. The number of aliphatic hydroxyl groups is 1. The molecule has 80 valence electrons. The highest BCUT2D eigenvalue weighted by Crippen LogP contribution is 2.39. The molecular weight excluding hydrogens is 172 g/mol. The maximum Gasteiger partial charge on any atom is 0.0657 e. The largest absolute Gasteiger partial charge is 0.390 e. The molecule has 0 radical (unpaired) electrons. The third-order valence-corrected chi connectivity index (χ3v) is 3.50. The Labute approximate surface area is 87.9 Å². The van der Waals surface area contributed by atoms with Crippen LogP contribution >= 0.6 is 0 Å². The third-order valence-electron chi connectivity index (χ3n) is 3.50. The van der Waals surface area contributed by atoms with E-state index in [2.05, 4.69) is 19.8 Å². The highest BCUT2D eigenvalue weighted by Gasteiger charge is 2.32. The summed E-state index contributed by atoms with van der Waals surface area (Å²) in [6, 6.07) is 0. The topological polar surface area (TPSA) is 20.2 Å². The van der Waals surface area contributed by atoms with Crippen LogP contribution in [0.25, 0.3) is 0 Å². The first-order valence-electron chi connectivity index (χ1n) is 5.63. The van der Waals surface area contributed by atoms with Gasteiger partial charge in [-0.3, -0.25) is 0 Å². The van der Waals surface area contributed by atoms with Gasteiger partial charge >= 0.3 is 0 Å². The predicted octanol–water partition coefficient (Wildman–Crippen LogP) is 3.12. The molecule has 0 aromatic heterocycles. The molecular formula is C13H22O. The normalized spacial score (nSPS) is 31.9. The quantitative estimate of drug-likeness (QED) is 0.529. The monoisotopic (exact) mass is 194 g/mol. The Morgan fingerprint density at radius 1 is 1.21 bits per heavy atom. The number of terminal acetylenes is 1. The highest BCUT2D eigenvalue weighted by molar-refractivity contribution is 4.92. The summed E-state index contributed by atoms with van der Waals surface area (Å²) in [7, 11) is 0. The second-order valence-electron chi connectivity index (χ2n) is 5.45. The summed E-state index contributed by atoms with van der Waals surface area (Å²) in [5.74, 6) is 2.62. The molecule has 1 unspecified atom stereocenters. The van der Waals surface area contributed by atoms with E-state index >= 15 is 0 Å². The molecule has 1 aliphatic carbocycles. The molecule has 1 atom stereocenters. The van der Waals surface area contributed by atoms with Crippen LogP contribution in [-0.2, 0) is 0 Å². The second-order valence-corrected chi connectivity index (χ2v) is 5.45. The Balaban J connectivity index is 2.52. The van der Waals surface area contributed by atoms with Crippen molar-refractivity contribution in [2.45, 2.75) is 64.4 Å². The van der Waals surface area contributed by atoms with Gasteiger partial charge in [0.25, 0.3) is 0 Å². The zero-order valence-electron chi connectivity index (χ0n) is 9.47. The van der Waals surface area contributed by atoms with Crippen LogP contribution in [0.1, 0.15) is 58.8 Å². The van der Waals surface area contributed by atoms with Crippen molar-refractivity contribution in [3.63, 3.8) is 0 Å². The van der Waals surface area contributed by atoms with Gasteiger partial charge in [0.05, 0.1) is 5.60 Å². The number of hydrogen-bond donors (Lipinski definition) is 1. The molecule has 1 saturated carbocycles. The van der Waals surface area contributed by atoms with E-state index in [1.54, 1.807) is 0 Å². The maximum absolute atomic E-state index is 10.3. The van der Waals surface area contributed by atoms with Gasteiger partial charge in [-0.2, -0.15) is 0 Å². The lowest BCUT2D eigenvalue weighted by Gasteiger charge is -2.27. The first-order valence-corrected chi connectivity index (χ1v) is 5.63. The Bertz CT molecular complexity index is 224. The predicted molar refractivity (Wildman–Crippen MR) is 59.9 cm³/mol. The molecule has 1 rings (SSSR count). The van der Waals surface area contributed by atoms with Crippen LogP contribution in [0.3, 0.4) is 0 Å². The van der Waals surface area contributed by atoms with Gasteiger partial charge in [-0.15, -0.1) is 12.3 Å². The Morgan fingerprint density at radius 2 is 1.93 bits per heavy atom. The molecule has 0 heterocycles. The molecule has 0 aliphatic heterocycles. The van der Waals surface area contributed by atoms with Crippen LogP contribution in [0.2, 0.25) is 0 Å². The van der Waals surface area contributed by atoms with E-state index in [1.165, 1.54) is 6.42 Å². The molecule has 0 saturated heterocycles. The van der Waals surface area contributed by atoms with Crippen molar-refractivity contribution >= 4 is 0 Å². The first-order chi connectivity index (χ1) is 6.47. The average molecular weight is 194 g/mol. The molecule has 0 bridgehead atoms. The Morgan fingerprint density at radius 3 is 2.57 bits per heavy atom. The summed E-state index contributed by atoms with van der Waals surface area (Å²) < 4.78 is 0. The van der Waals surface area contributed by atoms with Gasteiger partial charge in [0.2, 0.25) is 0 Å². The second kappa shape index (κ2) is 4.36. The van der Waals surface area contributed by atoms with Crippen LogP contribution in [0.5, 0.6) is 0 Å². The SMILES string of the molecule is C#CCCC1(O)CCCC(C)(C)CC1. The molecule has 1 aliphatic rings. The van der Waals surface area contributed by atoms with E-state index in [9.17, 15) is 5.11 Å². The summed E-state index contributed by atoms with van der Waals surface area (Å²) in [4.78, 5) is 0. The van der Waals surface area contributed by atoms with Crippen molar-refractivity contribution in [2.24, 2.45) is 5.41 Å². The number of hydrogen-bond acceptors (Lipinski definition) is 1. The van der Waals surface area contributed by atoms with E-state index in [0.717, 1.165) is 32.1 Å². The van der Waals surface area contributed by atoms with Gasteiger partial charge in [-0.25, -0.2) is 0 Å². The first kappa shape index (κ1) is 11.6. The standard InChI is InChI=1S/C13H22O/c1-4-5-8-13(14)9-6-7-12(2,3)10-11-13/h1,14H,5-11H2,2-3H3. The fourth-order valence-corrected chi connectivity index (χ4v) is 2.27. The Hall–Kier alpha value is -0.480.